The molecule has 1 aliphatic carbocycles. The van der Waals surface area contributed by atoms with Gasteiger partial charge < -0.3 is 23.8 Å². The smallest absolute Gasteiger partial charge is 0.173 e. The second-order valence-electron chi connectivity index (χ2n) is 8.70. The van der Waals surface area contributed by atoms with Crippen molar-refractivity contribution >= 4 is 36.2 Å². The maximum atomic E-state index is 13.2. The lowest BCUT2D eigenvalue weighted by Gasteiger charge is -2.38. The average Bonchev–Trinajstić information content (AvgIpc) is 2.80. The molecule has 1 saturated carbocycles. The SMILES string of the molecule is COc1ccc(C2=COC3CC(OCCN4CCN(C)CC4)CCC3C2=O)cc1OC.Cl.Cl. The number of ketones is 1. The minimum absolute atomic E-state index is 0. The molecule has 33 heavy (non-hydrogen) atoms. The van der Waals surface area contributed by atoms with Crippen LogP contribution in [0.3, 0.4) is 0 Å². The van der Waals surface area contributed by atoms with E-state index in [1.54, 1.807) is 20.5 Å². The van der Waals surface area contributed by atoms with E-state index >= 15 is 0 Å². The number of likely N-dealkylation sites (N-methyl/N-ethyl adjacent to an activating group) is 1. The minimum Gasteiger partial charge on any atom is -0.496 e. The van der Waals surface area contributed by atoms with Crippen molar-refractivity contribution in [3.63, 3.8) is 0 Å². The fourth-order valence-electron chi connectivity index (χ4n) is 4.74. The quantitative estimate of drug-likeness (QED) is 0.566. The van der Waals surface area contributed by atoms with Gasteiger partial charge in [-0.2, -0.15) is 0 Å². The van der Waals surface area contributed by atoms with Gasteiger partial charge in [0, 0.05) is 39.1 Å². The van der Waals surface area contributed by atoms with Gasteiger partial charge in [-0.05, 0) is 37.6 Å². The molecule has 2 fully saturated rings. The van der Waals surface area contributed by atoms with Gasteiger partial charge in [-0.25, -0.2) is 0 Å². The molecule has 0 spiro atoms. The van der Waals surface area contributed by atoms with Gasteiger partial charge in [0.1, 0.15) is 6.10 Å². The number of carbonyl (C=O) groups excluding carboxylic acids is 1. The summed E-state index contributed by atoms with van der Waals surface area (Å²) in [7, 11) is 5.36. The first-order valence-corrected chi connectivity index (χ1v) is 11.2. The van der Waals surface area contributed by atoms with Gasteiger partial charge in [0.25, 0.3) is 0 Å². The van der Waals surface area contributed by atoms with Gasteiger partial charge in [-0.15, -0.1) is 24.8 Å². The van der Waals surface area contributed by atoms with Crippen molar-refractivity contribution < 1.29 is 23.7 Å². The molecule has 1 aromatic carbocycles. The van der Waals surface area contributed by atoms with Crippen LogP contribution in [0.5, 0.6) is 11.5 Å². The van der Waals surface area contributed by atoms with E-state index in [1.165, 1.54) is 0 Å². The zero-order chi connectivity index (χ0) is 21.8. The highest BCUT2D eigenvalue weighted by Gasteiger charge is 2.40. The van der Waals surface area contributed by atoms with E-state index in [4.69, 9.17) is 18.9 Å². The molecule has 4 rings (SSSR count). The summed E-state index contributed by atoms with van der Waals surface area (Å²) >= 11 is 0. The van der Waals surface area contributed by atoms with E-state index in [0.717, 1.165) is 64.2 Å². The topological polar surface area (TPSA) is 60.5 Å². The van der Waals surface area contributed by atoms with Gasteiger partial charge >= 0.3 is 0 Å². The number of nitrogens with zero attached hydrogens (tertiary/aromatic N) is 2. The normalized spacial score (nSPS) is 25.6. The van der Waals surface area contributed by atoms with Crippen LogP contribution in [-0.4, -0.2) is 88.4 Å². The van der Waals surface area contributed by atoms with Gasteiger partial charge in [0.15, 0.2) is 17.3 Å². The molecule has 0 aromatic heterocycles. The highest BCUT2D eigenvalue weighted by atomic mass is 35.5. The van der Waals surface area contributed by atoms with Crippen LogP contribution in [0.15, 0.2) is 24.5 Å². The van der Waals surface area contributed by atoms with Crippen LogP contribution in [0.4, 0.5) is 0 Å². The molecule has 0 amide bonds. The molecule has 186 valence electrons. The van der Waals surface area contributed by atoms with Crippen molar-refractivity contribution in [3.8, 4) is 11.5 Å². The molecule has 0 bridgehead atoms. The van der Waals surface area contributed by atoms with Crippen LogP contribution in [0, 0.1) is 5.92 Å². The number of rotatable bonds is 7. The summed E-state index contributed by atoms with van der Waals surface area (Å²) in [6.07, 6.45) is 4.16. The Morgan fingerprint density at radius 2 is 1.76 bits per heavy atom. The second kappa shape index (κ2) is 12.8. The molecule has 1 saturated heterocycles. The number of Topliss-reactive ketones (excluding diaryl/α,β-unsaturated/α-hetero) is 1. The Labute approximate surface area is 209 Å². The predicted octanol–water partition coefficient (Wildman–Crippen LogP) is 3.29. The molecular weight excluding hydrogens is 467 g/mol. The van der Waals surface area contributed by atoms with Crippen LogP contribution in [-0.2, 0) is 14.3 Å². The van der Waals surface area contributed by atoms with Gasteiger partial charge in [0.05, 0.1) is 44.7 Å². The zero-order valence-corrected chi connectivity index (χ0v) is 21.3. The highest BCUT2D eigenvalue weighted by molar-refractivity contribution is 6.22. The fraction of sp³-hybridized carbons (Fsp3) is 0.625. The van der Waals surface area contributed by atoms with E-state index in [0.29, 0.717) is 17.1 Å². The molecule has 2 heterocycles. The first-order valence-electron chi connectivity index (χ1n) is 11.2. The molecule has 7 nitrogen and oxygen atoms in total. The Hall–Kier alpha value is -1.51. The number of methoxy groups -OCH3 is 2. The number of fused-ring (bicyclic) bond motifs is 1. The van der Waals surface area contributed by atoms with Crippen molar-refractivity contribution in [2.24, 2.45) is 5.92 Å². The lowest BCUT2D eigenvalue weighted by molar-refractivity contribution is -0.128. The Kier molecular flexibility index (Phi) is 10.8. The van der Waals surface area contributed by atoms with Crippen molar-refractivity contribution in [1.82, 2.24) is 9.80 Å². The summed E-state index contributed by atoms with van der Waals surface area (Å²) in [5, 5.41) is 0. The van der Waals surface area contributed by atoms with Crippen LogP contribution >= 0.6 is 24.8 Å². The summed E-state index contributed by atoms with van der Waals surface area (Å²) in [4.78, 5) is 18.0. The number of hydrogen-bond donors (Lipinski definition) is 0. The van der Waals surface area contributed by atoms with Crippen molar-refractivity contribution in [2.45, 2.75) is 31.5 Å². The van der Waals surface area contributed by atoms with Crippen molar-refractivity contribution in [1.29, 1.82) is 0 Å². The van der Waals surface area contributed by atoms with E-state index in [9.17, 15) is 4.79 Å². The second-order valence-corrected chi connectivity index (χ2v) is 8.70. The molecule has 2 aliphatic heterocycles. The standard InChI is InChI=1S/C24H34N2O5.2ClH/c1-25-8-10-26(11-9-25)12-13-30-18-5-6-19-22(15-18)31-16-20(24(19)27)17-4-7-21(28-2)23(14-17)29-3;;/h4,7,14,16,18-19,22H,5-6,8-13,15H2,1-3H3;2*1H. The van der Waals surface area contributed by atoms with E-state index in [2.05, 4.69) is 16.8 Å². The summed E-state index contributed by atoms with van der Waals surface area (Å²) in [6, 6.07) is 5.53. The van der Waals surface area contributed by atoms with E-state index in [-0.39, 0.29) is 48.7 Å². The Balaban J connectivity index is 0.00000193. The summed E-state index contributed by atoms with van der Waals surface area (Å²) < 4.78 is 22.9. The fourth-order valence-corrected chi connectivity index (χ4v) is 4.74. The molecule has 3 aliphatic rings. The minimum atomic E-state index is -0.106. The number of allylic oxidation sites excluding steroid dienone is 1. The Bertz CT molecular complexity index is 814. The highest BCUT2D eigenvalue weighted by Crippen LogP contribution is 2.39. The van der Waals surface area contributed by atoms with Crippen molar-refractivity contribution in [2.75, 3.05) is 60.6 Å². The maximum Gasteiger partial charge on any atom is 0.173 e. The first-order chi connectivity index (χ1) is 15.1. The molecule has 3 atom stereocenters. The third-order valence-electron chi connectivity index (χ3n) is 6.76. The monoisotopic (exact) mass is 502 g/mol. The largest absolute Gasteiger partial charge is 0.496 e. The maximum absolute atomic E-state index is 13.2. The van der Waals surface area contributed by atoms with Crippen LogP contribution in [0.25, 0.3) is 5.57 Å². The third kappa shape index (κ3) is 6.55. The van der Waals surface area contributed by atoms with Gasteiger partial charge in [-0.1, -0.05) is 6.07 Å². The number of carbonyl (C=O) groups is 1. The van der Waals surface area contributed by atoms with Gasteiger partial charge in [-0.3, -0.25) is 9.69 Å². The number of benzene rings is 1. The van der Waals surface area contributed by atoms with Crippen LogP contribution in [0.1, 0.15) is 24.8 Å². The lowest BCUT2D eigenvalue weighted by atomic mass is 9.78. The molecule has 9 heteroatoms. The Morgan fingerprint density at radius 3 is 2.45 bits per heavy atom. The molecular formula is C24H36Cl2N2O5. The third-order valence-corrected chi connectivity index (χ3v) is 6.76. The summed E-state index contributed by atoms with van der Waals surface area (Å²) in [5.74, 6) is 1.29. The average molecular weight is 503 g/mol. The summed E-state index contributed by atoms with van der Waals surface area (Å²) in [5.41, 5.74) is 1.41. The summed E-state index contributed by atoms with van der Waals surface area (Å²) in [6.45, 7) is 6.18. The van der Waals surface area contributed by atoms with E-state index < -0.39 is 0 Å². The molecule has 0 radical (unpaired) electrons. The number of piperazine rings is 1. The number of hydrogen-bond acceptors (Lipinski definition) is 7. The van der Waals surface area contributed by atoms with Gasteiger partial charge in [0.2, 0.25) is 0 Å². The molecule has 1 aromatic rings. The first kappa shape index (κ1) is 27.7. The molecule has 0 N–H and O–H groups in total. The van der Waals surface area contributed by atoms with E-state index in [1.807, 2.05) is 18.2 Å². The van der Waals surface area contributed by atoms with Crippen LogP contribution in [0.2, 0.25) is 0 Å². The van der Waals surface area contributed by atoms with Crippen molar-refractivity contribution in [3.05, 3.63) is 30.0 Å². The zero-order valence-electron chi connectivity index (χ0n) is 19.7. The number of ether oxygens (including phenoxy) is 4. The number of halogens is 2. The lowest BCUT2D eigenvalue weighted by Crippen LogP contribution is -2.46. The Morgan fingerprint density at radius 1 is 1.03 bits per heavy atom. The predicted molar refractivity (Wildman–Crippen MR) is 133 cm³/mol. The van der Waals surface area contributed by atoms with Crippen LogP contribution < -0.4 is 9.47 Å². The molecule has 3 unspecified atom stereocenters.